The third-order valence-corrected chi connectivity index (χ3v) is 3.87. The van der Waals surface area contributed by atoms with Gasteiger partial charge < -0.3 is 5.73 Å². The minimum atomic E-state index is -0.648. The molecule has 1 aromatic rings. The highest BCUT2D eigenvalue weighted by atomic mass is 79.9. The van der Waals surface area contributed by atoms with Crippen molar-refractivity contribution in [1.29, 1.82) is 0 Å². The third-order valence-electron chi connectivity index (χ3n) is 3.13. The minimum Gasteiger partial charge on any atom is -0.368 e. The molecule has 3 N–H and O–H groups in total. The fourth-order valence-corrected chi connectivity index (χ4v) is 2.11. The van der Waals surface area contributed by atoms with Gasteiger partial charge in [-0.05, 0) is 37.5 Å². The Morgan fingerprint density at radius 1 is 1.53 bits per heavy atom. The van der Waals surface area contributed by atoms with Crippen LogP contribution in [0.3, 0.4) is 0 Å². The van der Waals surface area contributed by atoms with E-state index in [1.54, 1.807) is 0 Å². The number of nitrogens with two attached hydrogens (primary N) is 1. The Labute approximate surface area is 111 Å². The number of aryl methyl sites for hydroxylation is 1. The van der Waals surface area contributed by atoms with E-state index in [0.29, 0.717) is 13.0 Å². The van der Waals surface area contributed by atoms with Gasteiger partial charge in [0.15, 0.2) is 0 Å². The molecular formula is C13H19BrN2O. The van der Waals surface area contributed by atoms with Gasteiger partial charge in [0.2, 0.25) is 5.91 Å². The SMILES string of the molecule is CCC(C)(NCc1ccc(C)cc1Br)C(N)=O. The second-order valence-electron chi connectivity index (χ2n) is 4.50. The molecule has 0 radical (unpaired) electrons. The summed E-state index contributed by atoms with van der Waals surface area (Å²) in [6.45, 7) is 6.44. The van der Waals surface area contributed by atoms with Gasteiger partial charge in [-0.1, -0.05) is 35.0 Å². The van der Waals surface area contributed by atoms with Gasteiger partial charge in [-0.3, -0.25) is 10.1 Å². The second-order valence-corrected chi connectivity index (χ2v) is 5.35. The maximum absolute atomic E-state index is 11.4. The fraction of sp³-hybridized carbons (Fsp3) is 0.462. The molecule has 0 spiro atoms. The van der Waals surface area contributed by atoms with Gasteiger partial charge in [-0.2, -0.15) is 0 Å². The van der Waals surface area contributed by atoms with E-state index in [0.717, 1.165) is 10.0 Å². The standard InChI is InChI=1S/C13H19BrN2O/c1-4-13(3,12(15)17)16-8-10-6-5-9(2)7-11(10)14/h5-7,16H,4,8H2,1-3H3,(H2,15,17). The number of carbonyl (C=O) groups excluding carboxylic acids is 1. The first kappa shape index (κ1) is 14.2. The van der Waals surface area contributed by atoms with Crippen LogP contribution in [0.15, 0.2) is 22.7 Å². The lowest BCUT2D eigenvalue weighted by atomic mass is 9.97. The van der Waals surface area contributed by atoms with E-state index in [1.165, 1.54) is 5.56 Å². The van der Waals surface area contributed by atoms with E-state index in [4.69, 9.17) is 5.73 Å². The van der Waals surface area contributed by atoms with Gasteiger partial charge in [0.25, 0.3) is 0 Å². The van der Waals surface area contributed by atoms with Crippen LogP contribution in [0.2, 0.25) is 0 Å². The Morgan fingerprint density at radius 2 is 2.18 bits per heavy atom. The summed E-state index contributed by atoms with van der Waals surface area (Å²) in [6.07, 6.45) is 0.672. The van der Waals surface area contributed by atoms with Crippen molar-refractivity contribution in [1.82, 2.24) is 5.32 Å². The Kier molecular flexibility index (Phi) is 4.71. The molecule has 1 aromatic carbocycles. The Balaban J connectivity index is 2.76. The van der Waals surface area contributed by atoms with Gasteiger partial charge in [-0.15, -0.1) is 0 Å². The number of amides is 1. The van der Waals surface area contributed by atoms with E-state index < -0.39 is 5.54 Å². The van der Waals surface area contributed by atoms with Crippen molar-refractivity contribution in [2.45, 2.75) is 39.3 Å². The number of halogens is 1. The summed E-state index contributed by atoms with van der Waals surface area (Å²) in [7, 11) is 0. The highest BCUT2D eigenvalue weighted by Gasteiger charge is 2.27. The molecule has 1 rings (SSSR count). The van der Waals surface area contributed by atoms with Crippen LogP contribution in [0.1, 0.15) is 31.4 Å². The van der Waals surface area contributed by atoms with Crippen molar-refractivity contribution < 1.29 is 4.79 Å². The quantitative estimate of drug-likeness (QED) is 0.877. The van der Waals surface area contributed by atoms with E-state index in [1.807, 2.05) is 26.8 Å². The van der Waals surface area contributed by atoms with Crippen molar-refractivity contribution in [3.05, 3.63) is 33.8 Å². The van der Waals surface area contributed by atoms with E-state index in [-0.39, 0.29) is 5.91 Å². The number of carbonyl (C=O) groups is 1. The maximum atomic E-state index is 11.4. The van der Waals surface area contributed by atoms with Crippen LogP contribution >= 0.6 is 15.9 Å². The lowest BCUT2D eigenvalue weighted by Gasteiger charge is -2.26. The number of rotatable bonds is 5. The summed E-state index contributed by atoms with van der Waals surface area (Å²) in [5, 5.41) is 3.22. The number of primary amides is 1. The normalized spacial score (nSPS) is 14.4. The van der Waals surface area contributed by atoms with Gasteiger partial charge in [-0.25, -0.2) is 0 Å². The largest absolute Gasteiger partial charge is 0.368 e. The molecule has 0 bridgehead atoms. The highest BCUT2D eigenvalue weighted by Crippen LogP contribution is 2.19. The molecule has 0 aromatic heterocycles. The average Bonchev–Trinajstić information content (AvgIpc) is 2.27. The van der Waals surface area contributed by atoms with E-state index in [2.05, 4.69) is 33.4 Å². The third kappa shape index (κ3) is 3.54. The van der Waals surface area contributed by atoms with Crippen molar-refractivity contribution >= 4 is 21.8 Å². The molecular weight excluding hydrogens is 280 g/mol. The molecule has 0 aliphatic heterocycles. The van der Waals surface area contributed by atoms with Crippen LogP contribution in [-0.2, 0) is 11.3 Å². The Hall–Kier alpha value is -0.870. The molecule has 0 saturated heterocycles. The number of hydrogen-bond donors (Lipinski definition) is 2. The summed E-state index contributed by atoms with van der Waals surface area (Å²) in [5.74, 6) is -0.316. The number of nitrogens with one attached hydrogen (secondary N) is 1. The van der Waals surface area contributed by atoms with Gasteiger partial charge in [0.05, 0.1) is 5.54 Å². The molecule has 0 fully saturated rings. The molecule has 0 aliphatic carbocycles. The van der Waals surface area contributed by atoms with Crippen LogP contribution in [0.5, 0.6) is 0 Å². The van der Waals surface area contributed by atoms with Gasteiger partial charge >= 0.3 is 0 Å². The van der Waals surface area contributed by atoms with Crippen molar-refractivity contribution in [2.75, 3.05) is 0 Å². The Bertz CT molecular complexity index is 420. The molecule has 1 atom stereocenters. The first-order valence-corrected chi connectivity index (χ1v) is 6.48. The summed E-state index contributed by atoms with van der Waals surface area (Å²) >= 11 is 3.52. The molecule has 3 nitrogen and oxygen atoms in total. The summed E-state index contributed by atoms with van der Waals surface area (Å²) in [5.41, 5.74) is 7.07. The van der Waals surface area contributed by atoms with Crippen molar-refractivity contribution in [2.24, 2.45) is 5.73 Å². The smallest absolute Gasteiger partial charge is 0.237 e. The predicted octanol–water partition coefficient (Wildman–Crippen LogP) is 2.50. The van der Waals surface area contributed by atoms with Crippen LogP contribution in [-0.4, -0.2) is 11.4 Å². The second kappa shape index (κ2) is 5.65. The van der Waals surface area contributed by atoms with Crippen molar-refractivity contribution in [3.63, 3.8) is 0 Å². The molecule has 1 amide bonds. The molecule has 0 heterocycles. The summed E-state index contributed by atoms with van der Waals surface area (Å²) in [4.78, 5) is 11.4. The van der Waals surface area contributed by atoms with E-state index in [9.17, 15) is 4.79 Å². The Morgan fingerprint density at radius 3 is 2.65 bits per heavy atom. The zero-order chi connectivity index (χ0) is 13.1. The molecule has 17 heavy (non-hydrogen) atoms. The first-order valence-electron chi connectivity index (χ1n) is 5.69. The highest BCUT2D eigenvalue weighted by molar-refractivity contribution is 9.10. The monoisotopic (exact) mass is 298 g/mol. The zero-order valence-corrected chi connectivity index (χ0v) is 12.1. The molecule has 4 heteroatoms. The molecule has 1 unspecified atom stereocenters. The zero-order valence-electron chi connectivity index (χ0n) is 10.5. The fourth-order valence-electron chi connectivity index (χ4n) is 1.47. The lowest BCUT2D eigenvalue weighted by molar-refractivity contribution is -0.124. The minimum absolute atomic E-state index is 0.316. The maximum Gasteiger partial charge on any atom is 0.237 e. The van der Waals surface area contributed by atoms with E-state index >= 15 is 0 Å². The van der Waals surface area contributed by atoms with Crippen LogP contribution in [0, 0.1) is 6.92 Å². The van der Waals surface area contributed by atoms with Crippen LogP contribution in [0.4, 0.5) is 0 Å². The lowest BCUT2D eigenvalue weighted by Crippen LogP contribution is -2.52. The topological polar surface area (TPSA) is 55.1 Å². The van der Waals surface area contributed by atoms with Crippen LogP contribution in [0.25, 0.3) is 0 Å². The van der Waals surface area contributed by atoms with Crippen molar-refractivity contribution in [3.8, 4) is 0 Å². The average molecular weight is 299 g/mol. The molecule has 0 aliphatic rings. The predicted molar refractivity (Wildman–Crippen MR) is 73.6 cm³/mol. The van der Waals surface area contributed by atoms with Gasteiger partial charge in [0.1, 0.15) is 0 Å². The molecule has 94 valence electrons. The van der Waals surface area contributed by atoms with Crippen LogP contribution < -0.4 is 11.1 Å². The molecule has 0 saturated carbocycles. The van der Waals surface area contributed by atoms with Gasteiger partial charge in [0, 0.05) is 11.0 Å². The summed E-state index contributed by atoms with van der Waals surface area (Å²) in [6, 6.07) is 6.16. The summed E-state index contributed by atoms with van der Waals surface area (Å²) < 4.78 is 1.05. The number of hydrogen-bond acceptors (Lipinski definition) is 2. The first-order chi connectivity index (χ1) is 7.89. The number of benzene rings is 1.